The summed E-state index contributed by atoms with van der Waals surface area (Å²) >= 11 is 5.78. The van der Waals surface area contributed by atoms with E-state index in [4.69, 9.17) is 16.3 Å². The molecule has 2 rings (SSSR count). The van der Waals surface area contributed by atoms with Gasteiger partial charge >= 0.3 is 0 Å². The summed E-state index contributed by atoms with van der Waals surface area (Å²) in [4.78, 5) is 7.89. The normalized spacial score (nSPS) is 10.1. The summed E-state index contributed by atoms with van der Waals surface area (Å²) in [5.41, 5.74) is 1.98. The van der Waals surface area contributed by atoms with Crippen molar-refractivity contribution >= 4 is 23.1 Å². The van der Waals surface area contributed by atoms with Crippen LogP contribution in [0.4, 0.5) is 11.5 Å². The smallest absolute Gasteiger partial charge is 0.135 e. The second-order valence-corrected chi connectivity index (χ2v) is 3.92. The highest BCUT2D eigenvalue weighted by Crippen LogP contribution is 2.23. The maximum atomic E-state index is 5.78. The van der Waals surface area contributed by atoms with Gasteiger partial charge in [0, 0.05) is 11.8 Å². The van der Waals surface area contributed by atoms with Crippen LogP contribution in [0.2, 0.25) is 5.15 Å². The number of methoxy groups -OCH3 is 1. The van der Waals surface area contributed by atoms with E-state index in [-0.39, 0.29) is 0 Å². The molecule has 0 radical (unpaired) electrons. The molecule has 1 aromatic carbocycles. The predicted molar refractivity (Wildman–Crippen MR) is 68.1 cm³/mol. The van der Waals surface area contributed by atoms with Gasteiger partial charge in [-0.05, 0) is 30.7 Å². The minimum absolute atomic E-state index is 0.410. The Labute approximate surface area is 105 Å². The van der Waals surface area contributed by atoms with Crippen molar-refractivity contribution in [3.05, 3.63) is 41.3 Å². The van der Waals surface area contributed by atoms with Crippen molar-refractivity contribution in [2.24, 2.45) is 0 Å². The minimum Gasteiger partial charge on any atom is -0.496 e. The minimum atomic E-state index is 0.410. The van der Waals surface area contributed by atoms with Crippen LogP contribution in [0, 0.1) is 6.92 Å². The molecule has 0 unspecified atom stereocenters. The van der Waals surface area contributed by atoms with Crippen molar-refractivity contribution in [1.82, 2.24) is 9.97 Å². The molecule has 2 aromatic rings. The van der Waals surface area contributed by atoms with Crippen molar-refractivity contribution in [2.75, 3.05) is 12.4 Å². The Morgan fingerprint density at radius 3 is 2.71 bits per heavy atom. The molecule has 0 bridgehead atoms. The SMILES string of the molecule is COc1ccc(Nc2cc(Cl)ncn2)cc1C. The van der Waals surface area contributed by atoms with Crippen LogP contribution in [-0.4, -0.2) is 17.1 Å². The first-order valence-corrected chi connectivity index (χ1v) is 5.46. The highest BCUT2D eigenvalue weighted by Gasteiger charge is 2.01. The number of nitrogens with one attached hydrogen (secondary N) is 1. The Balaban J connectivity index is 2.22. The molecule has 0 saturated heterocycles. The number of benzene rings is 1. The van der Waals surface area contributed by atoms with Crippen LogP contribution in [0.1, 0.15) is 5.56 Å². The highest BCUT2D eigenvalue weighted by atomic mass is 35.5. The standard InChI is InChI=1S/C12H12ClN3O/c1-8-5-9(3-4-10(8)17-2)16-12-6-11(13)14-7-15-12/h3-7H,1-2H3,(H,14,15,16). The Morgan fingerprint density at radius 1 is 1.24 bits per heavy atom. The molecule has 17 heavy (non-hydrogen) atoms. The lowest BCUT2D eigenvalue weighted by atomic mass is 10.2. The van der Waals surface area contributed by atoms with E-state index < -0.39 is 0 Å². The fraction of sp³-hybridized carbons (Fsp3) is 0.167. The van der Waals surface area contributed by atoms with Crippen molar-refractivity contribution in [1.29, 1.82) is 0 Å². The van der Waals surface area contributed by atoms with E-state index in [0.717, 1.165) is 17.0 Å². The van der Waals surface area contributed by atoms with E-state index in [0.29, 0.717) is 11.0 Å². The third-order valence-corrected chi connectivity index (χ3v) is 2.51. The highest BCUT2D eigenvalue weighted by molar-refractivity contribution is 6.29. The second-order valence-electron chi connectivity index (χ2n) is 3.54. The molecule has 4 nitrogen and oxygen atoms in total. The van der Waals surface area contributed by atoms with Gasteiger partial charge in [0.25, 0.3) is 0 Å². The molecular weight excluding hydrogens is 238 g/mol. The number of hydrogen-bond acceptors (Lipinski definition) is 4. The van der Waals surface area contributed by atoms with Crippen LogP contribution in [0.15, 0.2) is 30.6 Å². The second kappa shape index (κ2) is 5.01. The van der Waals surface area contributed by atoms with Gasteiger partial charge in [0.15, 0.2) is 0 Å². The number of aromatic nitrogens is 2. The number of nitrogens with zero attached hydrogens (tertiary/aromatic N) is 2. The zero-order valence-corrected chi connectivity index (χ0v) is 10.3. The van der Waals surface area contributed by atoms with E-state index in [1.54, 1.807) is 13.2 Å². The molecule has 0 aliphatic carbocycles. The number of ether oxygens (including phenoxy) is 1. The van der Waals surface area contributed by atoms with Gasteiger partial charge in [-0.15, -0.1) is 0 Å². The van der Waals surface area contributed by atoms with Crippen molar-refractivity contribution in [3.63, 3.8) is 0 Å². The van der Waals surface area contributed by atoms with Crippen LogP contribution < -0.4 is 10.1 Å². The molecule has 0 aliphatic rings. The summed E-state index contributed by atoms with van der Waals surface area (Å²) in [6.07, 6.45) is 1.42. The molecule has 1 aromatic heterocycles. The molecular formula is C12H12ClN3O. The van der Waals surface area contributed by atoms with Crippen molar-refractivity contribution in [2.45, 2.75) is 6.92 Å². The molecule has 0 amide bonds. The Morgan fingerprint density at radius 2 is 2.06 bits per heavy atom. The fourth-order valence-electron chi connectivity index (χ4n) is 1.51. The molecule has 0 atom stereocenters. The topological polar surface area (TPSA) is 47.0 Å². The first-order chi connectivity index (χ1) is 8.19. The van der Waals surface area contributed by atoms with Gasteiger partial charge in [-0.2, -0.15) is 0 Å². The van der Waals surface area contributed by atoms with E-state index in [9.17, 15) is 0 Å². The van der Waals surface area contributed by atoms with Gasteiger partial charge in [-0.3, -0.25) is 0 Å². The van der Waals surface area contributed by atoms with E-state index >= 15 is 0 Å². The summed E-state index contributed by atoms with van der Waals surface area (Å²) in [6.45, 7) is 1.98. The Kier molecular flexibility index (Phi) is 3.44. The van der Waals surface area contributed by atoms with Crippen LogP contribution >= 0.6 is 11.6 Å². The van der Waals surface area contributed by atoms with Gasteiger partial charge in [0.2, 0.25) is 0 Å². The van der Waals surface area contributed by atoms with Gasteiger partial charge in [-0.25, -0.2) is 9.97 Å². The fourth-order valence-corrected chi connectivity index (χ4v) is 1.65. The Hall–Kier alpha value is -1.81. The zero-order valence-electron chi connectivity index (χ0n) is 9.57. The summed E-state index contributed by atoms with van der Waals surface area (Å²) in [7, 11) is 1.65. The summed E-state index contributed by atoms with van der Waals surface area (Å²) < 4.78 is 5.19. The first-order valence-electron chi connectivity index (χ1n) is 5.08. The summed E-state index contributed by atoms with van der Waals surface area (Å²) in [6, 6.07) is 7.47. The maximum absolute atomic E-state index is 5.78. The quantitative estimate of drug-likeness (QED) is 0.849. The average molecular weight is 250 g/mol. The third-order valence-electron chi connectivity index (χ3n) is 2.30. The molecule has 5 heteroatoms. The van der Waals surface area contributed by atoms with Crippen LogP contribution in [0.5, 0.6) is 5.75 Å². The largest absolute Gasteiger partial charge is 0.496 e. The van der Waals surface area contributed by atoms with E-state index in [1.165, 1.54) is 6.33 Å². The number of anilines is 2. The number of halogens is 1. The van der Waals surface area contributed by atoms with Gasteiger partial charge in [0.05, 0.1) is 7.11 Å². The van der Waals surface area contributed by atoms with Crippen molar-refractivity contribution in [3.8, 4) is 5.75 Å². The lowest BCUT2D eigenvalue weighted by Gasteiger charge is -2.09. The molecule has 0 saturated carbocycles. The number of hydrogen-bond donors (Lipinski definition) is 1. The molecule has 0 spiro atoms. The van der Waals surface area contributed by atoms with Crippen molar-refractivity contribution < 1.29 is 4.74 Å². The van der Waals surface area contributed by atoms with Crippen LogP contribution in [0.25, 0.3) is 0 Å². The first kappa shape index (κ1) is 11.7. The third kappa shape index (κ3) is 2.85. The molecule has 0 fully saturated rings. The monoisotopic (exact) mass is 249 g/mol. The zero-order chi connectivity index (χ0) is 12.3. The van der Waals surface area contributed by atoms with Gasteiger partial charge < -0.3 is 10.1 Å². The van der Waals surface area contributed by atoms with Gasteiger partial charge in [-0.1, -0.05) is 11.6 Å². The lowest BCUT2D eigenvalue weighted by Crippen LogP contribution is -1.95. The molecule has 1 heterocycles. The predicted octanol–water partition coefficient (Wildman–Crippen LogP) is 3.19. The molecule has 1 N–H and O–H groups in total. The average Bonchev–Trinajstić information content (AvgIpc) is 2.29. The summed E-state index contributed by atoms with van der Waals surface area (Å²) in [5, 5.41) is 3.56. The number of aryl methyl sites for hydroxylation is 1. The molecule has 88 valence electrons. The van der Waals surface area contributed by atoms with Crippen LogP contribution in [-0.2, 0) is 0 Å². The number of rotatable bonds is 3. The van der Waals surface area contributed by atoms with E-state index in [2.05, 4.69) is 15.3 Å². The van der Waals surface area contributed by atoms with Gasteiger partial charge in [0.1, 0.15) is 23.0 Å². The summed E-state index contributed by atoms with van der Waals surface area (Å²) in [5.74, 6) is 1.52. The maximum Gasteiger partial charge on any atom is 0.135 e. The Bertz CT molecular complexity index is 531. The lowest BCUT2D eigenvalue weighted by molar-refractivity contribution is 0.412. The van der Waals surface area contributed by atoms with E-state index in [1.807, 2.05) is 25.1 Å². The molecule has 0 aliphatic heterocycles. The van der Waals surface area contributed by atoms with Crippen LogP contribution in [0.3, 0.4) is 0 Å².